The van der Waals surface area contributed by atoms with Crippen LogP contribution in [0.4, 0.5) is 5.69 Å². The van der Waals surface area contributed by atoms with Gasteiger partial charge in [-0.05, 0) is 24.3 Å². The summed E-state index contributed by atoms with van der Waals surface area (Å²) in [6, 6.07) is 7.34. The van der Waals surface area contributed by atoms with E-state index in [1.54, 1.807) is 7.11 Å². The first-order valence-electron chi connectivity index (χ1n) is 5.57. The van der Waals surface area contributed by atoms with Gasteiger partial charge in [0.05, 0.1) is 13.7 Å². The van der Waals surface area contributed by atoms with E-state index in [1.807, 2.05) is 24.3 Å². The molecule has 106 valence electrons. The molecule has 1 amide bonds. The molecule has 19 heavy (non-hydrogen) atoms. The number of ether oxygens (including phenoxy) is 1. The third-order valence-electron chi connectivity index (χ3n) is 2.13. The number of aliphatic imine (C=N–C) groups is 1. The van der Waals surface area contributed by atoms with Crippen LogP contribution in [0.3, 0.4) is 0 Å². The number of nitrogens with one attached hydrogen (secondary N) is 2. The van der Waals surface area contributed by atoms with Gasteiger partial charge in [-0.2, -0.15) is 0 Å². The summed E-state index contributed by atoms with van der Waals surface area (Å²) in [5.74, 6) is 1.01. The van der Waals surface area contributed by atoms with Gasteiger partial charge in [0.2, 0.25) is 5.91 Å². The van der Waals surface area contributed by atoms with Crippen molar-refractivity contribution >= 4 is 41.5 Å². The van der Waals surface area contributed by atoms with Crippen LogP contribution in [0, 0.1) is 0 Å². The Balaban J connectivity index is 0.00000324. The van der Waals surface area contributed by atoms with E-state index in [9.17, 15) is 4.79 Å². The lowest BCUT2D eigenvalue weighted by molar-refractivity contribution is -0.118. The van der Waals surface area contributed by atoms with Crippen molar-refractivity contribution < 1.29 is 9.53 Å². The number of nitrogens with zero attached hydrogens (tertiary/aromatic N) is 1. The Kier molecular flexibility index (Phi) is 8.68. The monoisotopic (exact) mass is 378 g/mol. The second-order valence-electron chi connectivity index (χ2n) is 3.60. The first kappa shape index (κ1) is 17.5. The summed E-state index contributed by atoms with van der Waals surface area (Å²) in [5, 5.41) is 5.57. The van der Waals surface area contributed by atoms with Gasteiger partial charge in [-0.25, -0.2) is 0 Å². The van der Waals surface area contributed by atoms with Crippen LogP contribution in [0.25, 0.3) is 0 Å². The van der Waals surface area contributed by atoms with Crippen molar-refractivity contribution in [3.63, 3.8) is 0 Å². The third-order valence-corrected chi connectivity index (χ3v) is 2.13. The van der Waals surface area contributed by atoms with Crippen molar-refractivity contribution in [2.45, 2.75) is 6.92 Å². The quantitative estimate of drug-likeness (QED) is 0.311. The van der Waals surface area contributed by atoms with E-state index < -0.39 is 0 Å². The number of benzene rings is 1. The highest BCUT2D eigenvalue weighted by Gasteiger charge is 1.96. The fourth-order valence-corrected chi connectivity index (χ4v) is 1.27. The van der Waals surface area contributed by atoms with Gasteiger partial charge in [-0.15, -0.1) is 24.0 Å². The number of hydrogen-bond donors (Lipinski definition) is 3. The van der Waals surface area contributed by atoms with E-state index in [0.717, 1.165) is 11.4 Å². The molecule has 0 bridgehead atoms. The molecular weight excluding hydrogens is 359 g/mol. The lowest BCUT2D eigenvalue weighted by Gasteiger charge is -2.06. The molecule has 6 nitrogen and oxygen atoms in total. The zero-order chi connectivity index (χ0) is 13.4. The van der Waals surface area contributed by atoms with Crippen molar-refractivity contribution in [3.05, 3.63) is 24.3 Å². The molecule has 0 aliphatic rings. The number of nitrogens with two attached hydrogens (primary N) is 1. The maximum absolute atomic E-state index is 10.6. The average Bonchev–Trinajstić information content (AvgIpc) is 2.35. The summed E-state index contributed by atoms with van der Waals surface area (Å²) in [6.07, 6.45) is 0. The lowest BCUT2D eigenvalue weighted by Crippen LogP contribution is -2.26. The second-order valence-corrected chi connectivity index (χ2v) is 3.60. The predicted octanol–water partition coefficient (Wildman–Crippen LogP) is 1.18. The number of guanidine groups is 1. The Hall–Kier alpha value is -1.51. The van der Waals surface area contributed by atoms with E-state index in [2.05, 4.69) is 15.6 Å². The predicted molar refractivity (Wildman–Crippen MR) is 87.2 cm³/mol. The highest BCUT2D eigenvalue weighted by Crippen LogP contribution is 2.14. The Morgan fingerprint density at radius 1 is 1.37 bits per heavy atom. The van der Waals surface area contributed by atoms with E-state index in [-0.39, 0.29) is 29.9 Å². The number of carbonyl (C=O) groups is 1. The lowest BCUT2D eigenvalue weighted by atomic mass is 10.3. The first-order valence-corrected chi connectivity index (χ1v) is 5.57. The van der Waals surface area contributed by atoms with E-state index in [1.165, 1.54) is 6.92 Å². The van der Waals surface area contributed by atoms with Gasteiger partial charge in [0.15, 0.2) is 5.96 Å². The highest BCUT2D eigenvalue weighted by atomic mass is 127. The van der Waals surface area contributed by atoms with Crippen molar-refractivity contribution in [2.24, 2.45) is 10.7 Å². The molecule has 0 aliphatic carbocycles. The highest BCUT2D eigenvalue weighted by molar-refractivity contribution is 14.0. The van der Waals surface area contributed by atoms with Gasteiger partial charge >= 0.3 is 0 Å². The summed E-state index contributed by atoms with van der Waals surface area (Å²) >= 11 is 0. The second kappa shape index (κ2) is 9.42. The number of anilines is 1. The van der Waals surface area contributed by atoms with Crippen molar-refractivity contribution in [2.75, 3.05) is 25.5 Å². The molecule has 0 aliphatic heterocycles. The van der Waals surface area contributed by atoms with Crippen LogP contribution in [0.5, 0.6) is 5.75 Å². The van der Waals surface area contributed by atoms with Crippen LogP contribution in [0.15, 0.2) is 29.3 Å². The normalized spacial score (nSPS) is 10.3. The largest absolute Gasteiger partial charge is 0.497 e. The smallest absolute Gasteiger partial charge is 0.216 e. The van der Waals surface area contributed by atoms with Crippen LogP contribution < -0.4 is 21.1 Å². The fourth-order valence-electron chi connectivity index (χ4n) is 1.27. The van der Waals surface area contributed by atoms with Crippen LogP contribution in [-0.2, 0) is 4.79 Å². The molecule has 0 atom stereocenters. The van der Waals surface area contributed by atoms with E-state index >= 15 is 0 Å². The van der Waals surface area contributed by atoms with Crippen molar-refractivity contribution in [3.8, 4) is 5.75 Å². The van der Waals surface area contributed by atoms with Gasteiger partial charge in [0.25, 0.3) is 0 Å². The number of rotatable bonds is 5. The molecule has 1 aromatic rings. The summed E-state index contributed by atoms with van der Waals surface area (Å²) in [4.78, 5) is 14.7. The zero-order valence-electron chi connectivity index (χ0n) is 11.0. The summed E-state index contributed by atoms with van der Waals surface area (Å²) in [5.41, 5.74) is 6.52. The fraction of sp³-hybridized carbons (Fsp3) is 0.333. The molecule has 0 radical (unpaired) electrons. The third kappa shape index (κ3) is 7.50. The molecule has 4 N–H and O–H groups in total. The van der Waals surface area contributed by atoms with Gasteiger partial charge in [0.1, 0.15) is 5.75 Å². The standard InChI is InChI=1S/C12H18N4O2.HI/c1-9(17)14-7-8-15-12(13)16-10-3-5-11(18-2)6-4-10;/h3-6H,7-8H2,1-2H3,(H,14,17)(H3,13,15,16);1H. The number of hydrogen-bond acceptors (Lipinski definition) is 3. The first-order chi connectivity index (χ1) is 8.61. The van der Waals surface area contributed by atoms with Gasteiger partial charge in [0, 0.05) is 19.2 Å². The minimum absolute atomic E-state index is 0. The zero-order valence-corrected chi connectivity index (χ0v) is 13.3. The SMILES string of the molecule is COc1ccc(NC(N)=NCCNC(C)=O)cc1.I. The summed E-state index contributed by atoms with van der Waals surface area (Å²) in [6.45, 7) is 2.37. The van der Waals surface area contributed by atoms with Crippen molar-refractivity contribution in [1.82, 2.24) is 5.32 Å². The maximum Gasteiger partial charge on any atom is 0.216 e. The summed E-state index contributed by atoms with van der Waals surface area (Å²) in [7, 11) is 1.61. The van der Waals surface area contributed by atoms with Gasteiger partial charge in [-0.3, -0.25) is 9.79 Å². The van der Waals surface area contributed by atoms with Crippen LogP contribution >= 0.6 is 24.0 Å². The Morgan fingerprint density at radius 3 is 2.53 bits per heavy atom. The molecule has 0 saturated heterocycles. The van der Waals surface area contributed by atoms with Crippen LogP contribution in [0.2, 0.25) is 0 Å². The average molecular weight is 378 g/mol. The molecule has 7 heteroatoms. The molecule has 0 unspecified atom stereocenters. The number of amides is 1. The van der Waals surface area contributed by atoms with Crippen molar-refractivity contribution in [1.29, 1.82) is 0 Å². The van der Waals surface area contributed by atoms with E-state index in [4.69, 9.17) is 10.5 Å². The topological polar surface area (TPSA) is 88.7 Å². The number of halogens is 1. The number of methoxy groups -OCH3 is 1. The van der Waals surface area contributed by atoms with Gasteiger partial charge in [-0.1, -0.05) is 0 Å². The van der Waals surface area contributed by atoms with Crippen LogP contribution in [0.1, 0.15) is 6.92 Å². The van der Waals surface area contributed by atoms with Gasteiger partial charge < -0.3 is 21.1 Å². The molecule has 0 heterocycles. The minimum atomic E-state index is -0.0770. The molecule has 0 saturated carbocycles. The molecular formula is C12H19IN4O2. The Bertz CT molecular complexity index is 420. The summed E-state index contributed by atoms with van der Waals surface area (Å²) < 4.78 is 5.05. The van der Waals surface area contributed by atoms with E-state index in [0.29, 0.717) is 19.0 Å². The Morgan fingerprint density at radius 2 is 2.00 bits per heavy atom. The van der Waals surface area contributed by atoms with Crippen LogP contribution in [-0.4, -0.2) is 32.1 Å². The molecule has 0 spiro atoms. The molecule has 0 aromatic heterocycles. The Labute approximate surface area is 129 Å². The maximum atomic E-state index is 10.6. The number of carbonyl (C=O) groups excluding carboxylic acids is 1. The molecule has 1 aromatic carbocycles. The molecule has 0 fully saturated rings. The molecule has 1 rings (SSSR count). The minimum Gasteiger partial charge on any atom is -0.497 e.